The number of hydrogen-bond donors (Lipinski definition) is 3. The van der Waals surface area contributed by atoms with Crippen LogP contribution >= 0.6 is 0 Å². The van der Waals surface area contributed by atoms with Gasteiger partial charge in [-0.25, -0.2) is 21.8 Å². The Kier molecular flexibility index (Phi) is 4.62. The lowest BCUT2D eigenvalue weighted by Crippen LogP contribution is -2.39. The first-order valence-electron chi connectivity index (χ1n) is 7.67. The van der Waals surface area contributed by atoms with Gasteiger partial charge in [0.15, 0.2) is 0 Å². The first-order valence-corrected chi connectivity index (χ1v) is 11.0. The van der Waals surface area contributed by atoms with E-state index < -0.39 is 25.8 Å². The van der Waals surface area contributed by atoms with Crippen LogP contribution in [0.2, 0.25) is 0 Å². The number of sulfonamides is 2. The zero-order chi connectivity index (χ0) is 18.2. The number of aromatic hydroxyl groups is 1. The van der Waals surface area contributed by atoms with E-state index in [1.807, 2.05) is 0 Å². The van der Waals surface area contributed by atoms with Gasteiger partial charge >= 0.3 is 0 Å². The molecule has 0 aliphatic carbocycles. The molecule has 1 aliphatic rings. The molecule has 2 aromatic rings. The van der Waals surface area contributed by atoms with Crippen LogP contribution in [-0.4, -0.2) is 46.3 Å². The van der Waals surface area contributed by atoms with Crippen molar-refractivity contribution in [1.29, 1.82) is 0 Å². The van der Waals surface area contributed by atoms with Crippen molar-refractivity contribution >= 4 is 36.5 Å². The average Bonchev–Trinajstić information content (AvgIpc) is 2.98. The minimum Gasteiger partial charge on any atom is -0.506 e. The van der Waals surface area contributed by atoms with Gasteiger partial charge in [-0.1, -0.05) is 18.2 Å². The van der Waals surface area contributed by atoms with Crippen molar-refractivity contribution in [3.63, 3.8) is 0 Å². The highest BCUT2D eigenvalue weighted by Crippen LogP contribution is 2.35. The number of phenols is 1. The zero-order valence-electron chi connectivity index (χ0n) is 13.6. The summed E-state index contributed by atoms with van der Waals surface area (Å²) in [6.07, 6.45) is 2.84. The fourth-order valence-electron chi connectivity index (χ4n) is 2.86. The van der Waals surface area contributed by atoms with Gasteiger partial charge in [0, 0.05) is 23.9 Å². The van der Waals surface area contributed by atoms with Crippen LogP contribution in [0.15, 0.2) is 35.2 Å². The Morgan fingerprint density at radius 1 is 1.00 bits per heavy atom. The lowest BCUT2D eigenvalue weighted by atomic mass is 10.1. The van der Waals surface area contributed by atoms with E-state index in [1.165, 1.54) is 18.2 Å². The van der Waals surface area contributed by atoms with Crippen LogP contribution in [0.25, 0.3) is 10.8 Å². The minimum absolute atomic E-state index is 0.247. The van der Waals surface area contributed by atoms with E-state index in [0.29, 0.717) is 18.5 Å². The third-order valence-electron chi connectivity index (χ3n) is 3.94. The summed E-state index contributed by atoms with van der Waals surface area (Å²) in [7, 11) is -7.43. The van der Waals surface area contributed by atoms with Crippen molar-refractivity contribution in [2.75, 3.05) is 24.1 Å². The van der Waals surface area contributed by atoms with E-state index in [0.717, 1.165) is 19.1 Å². The Labute approximate surface area is 146 Å². The smallest absolute Gasteiger partial charge is 0.257 e. The Morgan fingerprint density at radius 3 is 2.32 bits per heavy atom. The van der Waals surface area contributed by atoms with Crippen molar-refractivity contribution < 1.29 is 21.9 Å². The van der Waals surface area contributed by atoms with Gasteiger partial charge in [-0.05, 0) is 25.0 Å². The molecule has 1 aliphatic heterocycles. The topological polar surface area (TPSA) is 116 Å². The first-order chi connectivity index (χ1) is 11.7. The van der Waals surface area contributed by atoms with E-state index in [1.54, 1.807) is 17.1 Å². The van der Waals surface area contributed by atoms with Crippen LogP contribution in [-0.2, 0) is 20.0 Å². The summed E-state index contributed by atoms with van der Waals surface area (Å²) in [5.74, 6) is -0.415. The molecule has 2 aromatic carbocycles. The molecule has 0 spiro atoms. The number of anilines is 1. The maximum atomic E-state index is 12.5. The van der Waals surface area contributed by atoms with E-state index >= 15 is 0 Å². The molecule has 0 bridgehead atoms. The Hall–Kier alpha value is -1.88. The highest BCUT2D eigenvalue weighted by molar-refractivity contribution is 7.92. The molecule has 0 atom stereocenters. The summed E-state index contributed by atoms with van der Waals surface area (Å²) in [5.41, 5.74) is 0.270. The molecular weight excluding hydrogens is 366 g/mol. The van der Waals surface area contributed by atoms with E-state index in [-0.39, 0.29) is 16.0 Å². The highest BCUT2D eigenvalue weighted by Gasteiger charge is 2.25. The predicted molar refractivity (Wildman–Crippen MR) is 95.2 cm³/mol. The van der Waals surface area contributed by atoms with Gasteiger partial charge < -0.3 is 5.11 Å². The van der Waals surface area contributed by atoms with Crippen LogP contribution in [0.3, 0.4) is 0 Å². The predicted octanol–water partition coefficient (Wildman–Crippen LogP) is 1.21. The van der Waals surface area contributed by atoms with Crippen molar-refractivity contribution in [2.24, 2.45) is 0 Å². The van der Waals surface area contributed by atoms with Crippen LogP contribution in [0, 0.1) is 0 Å². The second-order valence-corrected chi connectivity index (χ2v) is 9.35. The summed E-state index contributed by atoms with van der Waals surface area (Å²) in [5, 5.41) is 12.7. The van der Waals surface area contributed by atoms with Crippen molar-refractivity contribution in [3.05, 3.63) is 30.3 Å². The molecule has 1 fully saturated rings. The lowest BCUT2D eigenvalue weighted by molar-refractivity contribution is 0.299. The molecule has 136 valence electrons. The number of nitrogens with one attached hydrogen (secondary N) is 2. The summed E-state index contributed by atoms with van der Waals surface area (Å²) < 4.78 is 50.4. The van der Waals surface area contributed by atoms with Gasteiger partial charge in [-0.3, -0.25) is 4.72 Å². The Balaban J connectivity index is 2.05. The van der Waals surface area contributed by atoms with Gasteiger partial charge in [-0.15, -0.1) is 4.83 Å². The quantitative estimate of drug-likeness (QED) is 0.712. The SMILES string of the molecule is CS(=O)(=O)Nc1cccc2c(O)c(S(=O)(=O)NN3CCCC3)ccc12. The minimum atomic E-state index is -3.93. The maximum Gasteiger partial charge on any atom is 0.257 e. The van der Waals surface area contributed by atoms with Gasteiger partial charge in [-0.2, -0.15) is 0 Å². The van der Waals surface area contributed by atoms with Crippen LogP contribution in [0.1, 0.15) is 12.8 Å². The number of fused-ring (bicyclic) bond motifs is 1. The number of benzene rings is 2. The molecule has 0 unspecified atom stereocenters. The summed E-state index contributed by atoms with van der Waals surface area (Å²) >= 11 is 0. The maximum absolute atomic E-state index is 12.5. The lowest BCUT2D eigenvalue weighted by Gasteiger charge is -2.18. The second kappa shape index (κ2) is 6.45. The van der Waals surface area contributed by atoms with Gasteiger partial charge in [0.1, 0.15) is 10.6 Å². The fourth-order valence-corrected chi connectivity index (χ4v) is 4.67. The molecule has 10 heteroatoms. The van der Waals surface area contributed by atoms with E-state index in [4.69, 9.17) is 0 Å². The van der Waals surface area contributed by atoms with Crippen molar-refractivity contribution in [1.82, 2.24) is 9.84 Å². The summed E-state index contributed by atoms with van der Waals surface area (Å²) in [6.45, 7) is 1.24. The molecular formula is C15H19N3O5S2. The van der Waals surface area contributed by atoms with E-state index in [9.17, 15) is 21.9 Å². The Bertz CT molecular complexity index is 1010. The number of nitrogens with zero attached hydrogens (tertiary/aromatic N) is 1. The molecule has 3 rings (SSSR count). The van der Waals surface area contributed by atoms with Gasteiger partial charge in [0.05, 0.1) is 11.9 Å². The van der Waals surface area contributed by atoms with Crippen LogP contribution < -0.4 is 9.55 Å². The third kappa shape index (κ3) is 3.87. The van der Waals surface area contributed by atoms with Crippen LogP contribution in [0.5, 0.6) is 5.75 Å². The van der Waals surface area contributed by atoms with Gasteiger partial charge in [0.2, 0.25) is 10.0 Å². The Morgan fingerprint density at radius 2 is 1.68 bits per heavy atom. The average molecular weight is 385 g/mol. The molecule has 25 heavy (non-hydrogen) atoms. The van der Waals surface area contributed by atoms with Crippen molar-refractivity contribution in [3.8, 4) is 5.75 Å². The molecule has 0 radical (unpaired) electrons. The number of rotatable bonds is 5. The number of hydrogen-bond acceptors (Lipinski definition) is 6. The standard InChI is InChI=1S/C15H19N3O5S2/c1-24(20,21)16-13-6-4-5-12-11(13)7-8-14(15(12)19)25(22,23)17-18-9-2-3-10-18/h4-8,16-17,19H,2-3,9-10H2,1H3. The third-order valence-corrected chi connectivity index (χ3v) is 5.93. The van der Waals surface area contributed by atoms with E-state index in [2.05, 4.69) is 9.55 Å². The molecule has 8 nitrogen and oxygen atoms in total. The van der Waals surface area contributed by atoms with Gasteiger partial charge in [0.25, 0.3) is 10.0 Å². The molecule has 0 aromatic heterocycles. The van der Waals surface area contributed by atoms with Crippen molar-refractivity contribution in [2.45, 2.75) is 17.7 Å². The number of phenolic OH excluding ortho intramolecular Hbond substituents is 1. The zero-order valence-corrected chi connectivity index (χ0v) is 15.2. The molecule has 0 saturated carbocycles. The first kappa shape index (κ1) is 17.9. The second-order valence-electron chi connectivity index (χ2n) is 5.98. The summed E-state index contributed by atoms with van der Waals surface area (Å²) in [6, 6.07) is 7.36. The molecule has 1 heterocycles. The monoisotopic (exact) mass is 385 g/mol. The molecule has 0 amide bonds. The fraction of sp³-hybridized carbons (Fsp3) is 0.333. The molecule has 3 N–H and O–H groups in total. The number of hydrazine groups is 1. The largest absolute Gasteiger partial charge is 0.506 e. The molecule has 1 saturated heterocycles. The highest BCUT2D eigenvalue weighted by atomic mass is 32.2. The normalized spacial score (nSPS) is 16.4. The van der Waals surface area contributed by atoms with Crippen LogP contribution in [0.4, 0.5) is 5.69 Å². The summed E-state index contributed by atoms with van der Waals surface area (Å²) in [4.78, 5) is 2.22.